The molecule has 168 valence electrons. The summed E-state index contributed by atoms with van der Waals surface area (Å²) in [4.78, 5) is 12.9. The highest BCUT2D eigenvalue weighted by molar-refractivity contribution is 7.90. The zero-order valence-electron chi connectivity index (χ0n) is 16.5. The van der Waals surface area contributed by atoms with Gasteiger partial charge in [-0.3, -0.25) is 4.79 Å². The van der Waals surface area contributed by atoms with Crippen LogP contribution in [0.5, 0.6) is 0 Å². The van der Waals surface area contributed by atoms with Crippen molar-refractivity contribution >= 4 is 38.9 Å². The first-order chi connectivity index (χ1) is 14.4. The molecule has 0 radical (unpaired) electrons. The van der Waals surface area contributed by atoms with Crippen LogP contribution in [0.25, 0.3) is 0 Å². The predicted octanol–water partition coefficient (Wildman–Crippen LogP) is 4.65. The van der Waals surface area contributed by atoms with Crippen molar-refractivity contribution in [3.8, 4) is 0 Å². The van der Waals surface area contributed by atoms with Crippen LogP contribution in [0.3, 0.4) is 0 Å². The number of carbonyl (C=O) groups excluding carboxylic acids is 1. The summed E-state index contributed by atoms with van der Waals surface area (Å²) >= 11 is 12.1. The molecule has 2 N–H and O–H groups in total. The second-order valence-electron chi connectivity index (χ2n) is 7.74. The van der Waals surface area contributed by atoms with Gasteiger partial charge in [0.25, 0.3) is 5.91 Å². The number of sulfone groups is 1. The van der Waals surface area contributed by atoms with Crippen LogP contribution in [0.1, 0.15) is 47.6 Å². The maximum atomic E-state index is 14.1. The molecule has 1 amide bonds. The highest BCUT2D eigenvalue weighted by Crippen LogP contribution is 2.42. The molecule has 1 saturated carbocycles. The number of aliphatic hydroxyl groups is 1. The van der Waals surface area contributed by atoms with E-state index in [9.17, 15) is 27.1 Å². The van der Waals surface area contributed by atoms with Crippen molar-refractivity contribution in [2.75, 3.05) is 6.26 Å². The molecule has 1 fully saturated rings. The molecule has 2 aromatic rings. The summed E-state index contributed by atoms with van der Waals surface area (Å²) in [5.74, 6) is -1.59. The summed E-state index contributed by atoms with van der Waals surface area (Å²) in [6, 6.07) is 6.49. The molecule has 0 heterocycles. The quantitative estimate of drug-likeness (QED) is 0.637. The van der Waals surface area contributed by atoms with Crippen LogP contribution in [-0.4, -0.2) is 37.5 Å². The maximum absolute atomic E-state index is 14.1. The van der Waals surface area contributed by atoms with Crippen molar-refractivity contribution in [3.63, 3.8) is 0 Å². The predicted molar refractivity (Wildman–Crippen MR) is 114 cm³/mol. The molecule has 10 heteroatoms. The summed E-state index contributed by atoms with van der Waals surface area (Å²) in [6.45, 7) is 0. The van der Waals surface area contributed by atoms with E-state index in [-0.39, 0.29) is 51.8 Å². The molecule has 0 bridgehead atoms. The lowest BCUT2D eigenvalue weighted by Gasteiger charge is -2.41. The first-order valence-corrected chi connectivity index (χ1v) is 12.2. The topological polar surface area (TPSA) is 83.5 Å². The molecule has 31 heavy (non-hydrogen) atoms. The van der Waals surface area contributed by atoms with Gasteiger partial charge in [-0.2, -0.15) is 0 Å². The number of nitrogens with one attached hydrogen (secondary N) is 1. The van der Waals surface area contributed by atoms with Gasteiger partial charge in [0, 0.05) is 11.3 Å². The number of hydrogen-bond acceptors (Lipinski definition) is 4. The summed E-state index contributed by atoms with van der Waals surface area (Å²) < 4.78 is 52.2. The Hall–Kier alpha value is -1.74. The smallest absolute Gasteiger partial charge is 0.253 e. The number of hydrogen-bond donors (Lipinski definition) is 2. The molecule has 0 saturated heterocycles. The Kier molecular flexibility index (Phi) is 6.96. The molecule has 0 spiro atoms. The van der Waals surface area contributed by atoms with E-state index in [4.69, 9.17) is 23.2 Å². The third-order valence-electron chi connectivity index (χ3n) is 5.47. The van der Waals surface area contributed by atoms with Gasteiger partial charge in [-0.1, -0.05) is 35.3 Å². The molecular weight excluding hydrogens is 471 g/mol. The average Bonchev–Trinajstić information content (AvgIpc) is 2.69. The van der Waals surface area contributed by atoms with Crippen LogP contribution in [0.2, 0.25) is 10.0 Å². The van der Waals surface area contributed by atoms with E-state index in [1.54, 1.807) is 0 Å². The van der Waals surface area contributed by atoms with Crippen LogP contribution in [0.15, 0.2) is 41.3 Å². The molecule has 5 nitrogen and oxygen atoms in total. The third kappa shape index (κ3) is 5.19. The highest BCUT2D eigenvalue weighted by atomic mass is 35.5. The number of halogens is 4. The lowest BCUT2D eigenvalue weighted by atomic mass is 9.76. The Bertz CT molecular complexity index is 1100. The van der Waals surface area contributed by atoms with E-state index in [1.807, 2.05) is 0 Å². The molecule has 1 atom stereocenters. The monoisotopic (exact) mass is 491 g/mol. The number of carbonyl (C=O) groups is 1. The minimum atomic E-state index is -3.78. The highest BCUT2D eigenvalue weighted by Gasteiger charge is 2.43. The van der Waals surface area contributed by atoms with E-state index in [0.29, 0.717) is 0 Å². The molecule has 3 rings (SSSR count). The SMILES string of the molecule is CS(=O)(=O)c1ccc(Cl)cc1C(=O)NC(c1cccc(F)c1Cl)[C@]1(O)CC[C@@H](F)CC1. The van der Waals surface area contributed by atoms with Crippen molar-refractivity contribution in [2.24, 2.45) is 0 Å². The summed E-state index contributed by atoms with van der Waals surface area (Å²) in [7, 11) is -3.78. The second kappa shape index (κ2) is 9.02. The van der Waals surface area contributed by atoms with Crippen LogP contribution < -0.4 is 5.32 Å². The summed E-state index contributed by atoms with van der Waals surface area (Å²) in [6.07, 6.45) is -0.0297. The molecular formula is C21H21Cl2F2NO4S. The Morgan fingerprint density at radius 3 is 2.48 bits per heavy atom. The van der Waals surface area contributed by atoms with Crippen molar-refractivity contribution < 1.29 is 27.1 Å². The number of alkyl halides is 1. The molecule has 0 aliphatic heterocycles. The van der Waals surface area contributed by atoms with E-state index in [2.05, 4.69) is 5.32 Å². The number of rotatable bonds is 5. The zero-order chi connectivity index (χ0) is 23.0. The Labute approximate surface area is 189 Å². The van der Waals surface area contributed by atoms with Crippen LogP contribution in [-0.2, 0) is 9.84 Å². The van der Waals surface area contributed by atoms with Gasteiger partial charge in [-0.25, -0.2) is 17.2 Å². The standard InChI is InChI=1S/C21H21Cl2F2NO4S/c1-31(29,30)17-6-5-12(22)11-15(17)20(27)26-19(14-3-2-4-16(25)18(14)23)21(28)9-7-13(24)8-10-21/h2-6,11,13,19,28H,7-10H2,1H3,(H,26,27)/t13-,19?,21+. The first-order valence-electron chi connectivity index (χ1n) is 9.53. The van der Waals surface area contributed by atoms with Crippen LogP contribution in [0.4, 0.5) is 8.78 Å². The van der Waals surface area contributed by atoms with E-state index in [0.717, 1.165) is 12.3 Å². The normalized spacial score (nSPS) is 22.7. The van der Waals surface area contributed by atoms with Gasteiger partial charge in [0.05, 0.1) is 27.1 Å². The Morgan fingerprint density at radius 1 is 1.23 bits per heavy atom. The van der Waals surface area contributed by atoms with E-state index < -0.39 is 39.4 Å². The van der Waals surface area contributed by atoms with E-state index >= 15 is 0 Å². The zero-order valence-corrected chi connectivity index (χ0v) is 18.9. The van der Waals surface area contributed by atoms with Gasteiger partial charge in [0.15, 0.2) is 9.84 Å². The first kappa shape index (κ1) is 23.9. The van der Waals surface area contributed by atoms with Crippen molar-refractivity contribution in [1.82, 2.24) is 5.32 Å². The van der Waals surface area contributed by atoms with Crippen LogP contribution >= 0.6 is 23.2 Å². The van der Waals surface area contributed by atoms with Gasteiger partial charge in [0.1, 0.15) is 12.0 Å². The minimum absolute atomic E-state index is 0.000431. The van der Waals surface area contributed by atoms with Crippen molar-refractivity contribution in [1.29, 1.82) is 0 Å². The molecule has 1 aliphatic rings. The minimum Gasteiger partial charge on any atom is -0.387 e. The fraction of sp³-hybridized carbons (Fsp3) is 0.381. The largest absolute Gasteiger partial charge is 0.387 e. The Balaban J connectivity index is 2.07. The molecule has 1 unspecified atom stereocenters. The third-order valence-corrected chi connectivity index (χ3v) is 7.26. The second-order valence-corrected chi connectivity index (χ2v) is 10.5. The fourth-order valence-electron chi connectivity index (χ4n) is 3.83. The molecule has 0 aromatic heterocycles. The lowest BCUT2D eigenvalue weighted by Crippen LogP contribution is -2.48. The molecule has 1 aliphatic carbocycles. The van der Waals surface area contributed by atoms with Gasteiger partial charge in [0.2, 0.25) is 0 Å². The van der Waals surface area contributed by atoms with Crippen molar-refractivity contribution in [3.05, 3.63) is 63.4 Å². The average molecular weight is 492 g/mol. The van der Waals surface area contributed by atoms with Gasteiger partial charge < -0.3 is 10.4 Å². The van der Waals surface area contributed by atoms with Gasteiger partial charge >= 0.3 is 0 Å². The van der Waals surface area contributed by atoms with Crippen LogP contribution in [0, 0.1) is 5.82 Å². The Morgan fingerprint density at radius 2 is 1.87 bits per heavy atom. The van der Waals surface area contributed by atoms with E-state index in [1.165, 1.54) is 30.3 Å². The fourth-order valence-corrected chi connectivity index (χ4v) is 5.10. The lowest BCUT2D eigenvalue weighted by molar-refractivity contribution is -0.0446. The number of amides is 1. The maximum Gasteiger partial charge on any atom is 0.253 e. The number of benzene rings is 2. The summed E-state index contributed by atoms with van der Waals surface area (Å²) in [5.41, 5.74) is -1.73. The van der Waals surface area contributed by atoms with Gasteiger partial charge in [-0.15, -0.1) is 0 Å². The summed E-state index contributed by atoms with van der Waals surface area (Å²) in [5, 5.41) is 13.7. The van der Waals surface area contributed by atoms with Gasteiger partial charge in [-0.05, 0) is 55.5 Å². The van der Waals surface area contributed by atoms with Crippen molar-refractivity contribution in [2.45, 2.75) is 48.4 Å². The molecule has 2 aromatic carbocycles.